The number of carbonyl (C=O) groups is 2. The van der Waals surface area contributed by atoms with Gasteiger partial charge in [0.25, 0.3) is 0 Å². The molecule has 1 rings (SSSR count). The van der Waals surface area contributed by atoms with Crippen LogP contribution in [-0.2, 0) is 9.59 Å². The van der Waals surface area contributed by atoms with Crippen molar-refractivity contribution in [3.05, 3.63) is 0 Å². The summed E-state index contributed by atoms with van der Waals surface area (Å²) in [6, 6.07) is 0. The van der Waals surface area contributed by atoms with Gasteiger partial charge >= 0.3 is 11.9 Å². The van der Waals surface area contributed by atoms with Gasteiger partial charge in [0.1, 0.15) is 0 Å². The third kappa shape index (κ3) is 9.95. The molecule has 0 aromatic carbocycles. The molecule has 2 N–H and O–H groups in total. The van der Waals surface area contributed by atoms with E-state index in [9.17, 15) is 19.8 Å². The maximum atomic E-state index is 12.5. The molecule has 1 aliphatic carbocycles. The monoisotopic (exact) mass is 438 g/mol. The van der Waals surface area contributed by atoms with Gasteiger partial charge in [0.15, 0.2) is 0 Å². The molecule has 1 fully saturated rings. The molecule has 1 saturated carbocycles. The highest BCUT2D eigenvalue weighted by molar-refractivity contribution is 5.78. The maximum Gasteiger partial charge on any atom is 0.309 e. The predicted molar refractivity (Wildman–Crippen MR) is 128 cm³/mol. The summed E-state index contributed by atoms with van der Waals surface area (Å²) in [4.78, 5) is 24.5. The van der Waals surface area contributed by atoms with Crippen LogP contribution < -0.4 is 0 Å². The smallest absolute Gasteiger partial charge is 0.309 e. The molecule has 3 unspecified atom stereocenters. The molecule has 3 atom stereocenters. The van der Waals surface area contributed by atoms with Gasteiger partial charge < -0.3 is 10.2 Å². The molecule has 0 heterocycles. The van der Waals surface area contributed by atoms with E-state index < -0.39 is 23.3 Å². The van der Waals surface area contributed by atoms with E-state index in [0.29, 0.717) is 19.3 Å². The molecule has 0 amide bonds. The molecule has 0 aliphatic heterocycles. The molecule has 4 heteroatoms. The average molecular weight is 439 g/mol. The lowest BCUT2D eigenvalue weighted by Crippen LogP contribution is -2.47. The molecule has 0 spiro atoms. The predicted octanol–water partition coefficient (Wildman–Crippen LogP) is 7.94. The van der Waals surface area contributed by atoms with Crippen LogP contribution in [0.3, 0.4) is 0 Å². The number of hydrogen-bond donors (Lipinski definition) is 2. The first-order chi connectivity index (χ1) is 14.7. The molecule has 0 bridgehead atoms. The minimum atomic E-state index is -0.836. The highest BCUT2D eigenvalue weighted by atomic mass is 16.4. The molecule has 31 heavy (non-hydrogen) atoms. The second-order valence-electron chi connectivity index (χ2n) is 11.0. The fourth-order valence-electron chi connectivity index (χ4n) is 5.66. The topological polar surface area (TPSA) is 74.6 Å². The van der Waals surface area contributed by atoms with Crippen molar-refractivity contribution < 1.29 is 19.8 Å². The SMILES string of the molecule is CC(C)CCCCCCCC1C(C(=O)O)CCCC1(CCCCCCC(C)C)C(=O)O. The number of carboxylic acid groups (broad SMARTS) is 2. The Bertz CT molecular complexity index is 513. The van der Waals surface area contributed by atoms with Crippen molar-refractivity contribution in [3.8, 4) is 0 Å². The Kier molecular flexibility index (Phi) is 13.4. The third-order valence-electron chi connectivity index (χ3n) is 7.53. The zero-order valence-electron chi connectivity index (χ0n) is 20.8. The fraction of sp³-hybridized carbons (Fsp3) is 0.926. The van der Waals surface area contributed by atoms with Crippen molar-refractivity contribution in [2.75, 3.05) is 0 Å². The fourth-order valence-corrected chi connectivity index (χ4v) is 5.66. The van der Waals surface area contributed by atoms with Crippen LogP contribution in [0.1, 0.15) is 130 Å². The highest BCUT2D eigenvalue weighted by Crippen LogP contribution is 2.50. The molecule has 4 nitrogen and oxygen atoms in total. The number of rotatable bonds is 17. The van der Waals surface area contributed by atoms with Crippen LogP contribution in [0.25, 0.3) is 0 Å². The Labute approximate surface area is 191 Å². The summed E-state index contributed by atoms with van der Waals surface area (Å²) < 4.78 is 0. The Morgan fingerprint density at radius 1 is 0.806 bits per heavy atom. The van der Waals surface area contributed by atoms with E-state index >= 15 is 0 Å². The quantitative estimate of drug-likeness (QED) is 0.226. The Morgan fingerprint density at radius 3 is 1.84 bits per heavy atom. The molecule has 0 radical (unpaired) electrons. The van der Waals surface area contributed by atoms with E-state index in [-0.39, 0.29) is 5.92 Å². The van der Waals surface area contributed by atoms with Crippen LogP contribution in [-0.4, -0.2) is 22.2 Å². The lowest BCUT2D eigenvalue weighted by atomic mass is 9.58. The summed E-state index contributed by atoms with van der Waals surface area (Å²) in [7, 11) is 0. The van der Waals surface area contributed by atoms with Gasteiger partial charge in [0.2, 0.25) is 0 Å². The number of hydrogen-bond acceptors (Lipinski definition) is 2. The Balaban J connectivity index is 2.66. The van der Waals surface area contributed by atoms with Crippen LogP contribution in [0, 0.1) is 29.1 Å². The summed E-state index contributed by atoms with van der Waals surface area (Å²) in [6.07, 6.45) is 15.9. The number of aliphatic carboxylic acids is 2. The summed E-state index contributed by atoms with van der Waals surface area (Å²) in [5.74, 6) is -0.782. The van der Waals surface area contributed by atoms with E-state index in [1.165, 1.54) is 38.5 Å². The highest BCUT2D eigenvalue weighted by Gasteiger charge is 2.52. The van der Waals surface area contributed by atoms with Gasteiger partial charge in [0.05, 0.1) is 11.3 Å². The second kappa shape index (κ2) is 14.9. The lowest BCUT2D eigenvalue weighted by Gasteiger charge is -2.44. The van der Waals surface area contributed by atoms with Crippen LogP contribution in [0.4, 0.5) is 0 Å². The molecule has 0 aromatic rings. The molecule has 182 valence electrons. The molecule has 0 aromatic heterocycles. The van der Waals surface area contributed by atoms with E-state index in [1.54, 1.807) is 0 Å². The summed E-state index contributed by atoms with van der Waals surface area (Å²) in [5.41, 5.74) is -0.836. The largest absolute Gasteiger partial charge is 0.481 e. The first-order valence-corrected chi connectivity index (χ1v) is 13.2. The van der Waals surface area contributed by atoms with Crippen molar-refractivity contribution in [3.63, 3.8) is 0 Å². The summed E-state index contributed by atoms with van der Waals surface area (Å²) in [6.45, 7) is 8.99. The van der Waals surface area contributed by atoms with Crippen LogP contribution in [0.15, 0.2) is 0 Å². The summed E-state index contributed by atoms with van der Waals surface area (Å²) in [5, 5.41) is 20.1. The van der Waals surface area contributed by atoms with E-state index in [2.05, 4.69) is 27.7 Å². The van der Waals surface area contributed by atoms with Gasteiger partial charge in [-0.2, -0.15) is 0 Å². The van der Waals surface area contributed by atoms with Gasteiger partial charge in [-0.25, -0.2) is 0 Å². The van der Waals surface area contributed by atoms with E-state index in [4.69, 9.17) is 0 Å². The van der Waals surface area contributed by atoms with Crippen molar-refractivity contribution in [2.45, 2.75) is 130 Å². The number of unbranched alkanes of at least 4 members (excludes halogenated alkanes) is 7. The maximum absolute atomic E-state index is 12.5. The van der Waals surface area contributed by atoms with Gasteiger partial charge in [0, 0.05) is 0 Å². The van der Waals surface area contributed by atoms with Gasteiger partial charge in [-0.1, -0.05) is 105 Å². The first kappa shape index (κ1) is 28.0. The lowest BCUT2D eigenvalue weighted by molar-refractivity contribution is -0.164. The molecular weight excluding hydrogens is 388 g/mol. The van der Waals surface area contributed by atoms with Crippen molar-refractivity contribution >= 4 is 11.9 Å². The summed E-state index contributed by atoms with van der Waals surface area (Å²) >= 11 is 0. The van der Waals surface area contributed by atoms with Gasteiger partial charge in [-0.05, 0) is 43.4 Å². The molecule has 0 saturated heterocycles. The van der Waals surface area contributed by atoms with Crippen LogP contribution in [0.2, 0.25) is 0 Å². The first-order valence-electron chi connectivity index (χ1n) is 13.2. The Hall–Kier alpha value is -1.06. The van der Waals surface area contributed by atoms with Crippen molar-refractivity contribution in [2.24, 2.45) is 29.1 Å². The van der Waals surface area contributed by atoms with E-state index in [1.807, 2.05) is 0 Å². The molecular formula is C27H50O4. The average Bonchev–Trinajstić information content (AvgIpc) is 2.69. The van der Waals surface area contributed by atoms with Crippen LogP contribution in [0.5, 0.6) is 0 Å². The Morgan fingerprint density at radius 2 is 1.32 bits per heavy atom. The zero-order chi connectivity index (χ0) is 23.3. The van der Waals surface area contributed by atoms with Crippen LogP contribution >= 0.6 is 0 Å². The minimum absolute atomic E-state index is 0.220. The van der Waals surface area contributed by atoms with E-state index in [0.717, 1.165) is 56.8 Å². The van der Waals surface area contributed by atoms with Crippen molar-refractivity contribution in [1.29, 1.82) is 0 Å². The normalized spacial score (nSPS) is 24.1. The zero-order valence-corrected chi connectivity index (χ0v) is 20.8. The third-order valence-corrected chi connectivity index (χ3v) is 7.53. The standard InChI is InChI=1S/C27H50O4/c1-21(2)15-10-6-5-7-12-18-24-23(25(28)29)17-14-20-27(24,26(30)31)19-13-9-8-11-16-22(3)4/h21-24H,5-20H2,1-4H3,(H,28,29)(H,30,31). The number of carboxylic acids is 2. The second-order valence-corrected chi connectivity index (χ2v) is 11.0. The van der Waals surface area contributed by atoms with Crippen molar-refractivity contribution in [1.82, 2.24) is 0 Å². The minimum Gasteiger partial charge on any atom is -0.481 e. The van der Waals surface area contributed by atoms with Gasteiger partial charge in [-0.15, -0.1) is 0 Å². The molecule has 1 aliphatic rings. The van der Waals surface area contributed by atoms with Gasteiger partial charge in [-0.3, -0.25) is 9.59 Å².